The highest BCUT2D eigenvalue weighted by Crippen LogP contribution is 2.27. The van der Waals surface area contributed by atoms with E-state index in [1.807, 2.05) is 0 Å². The Labute approximate surface area is 106 Å². The highest BCUT2D eigenvalue weighted by atomic mass is 19.1. The molecule has 18 heavy (non-hydrogen) atoms. The molecule has 0 saturated carbocycles. The van der Waals surface area contributed by atoms with Gasteiger partial charge in [-0.05, 0) is 30.4 Å². The fourth-order valence-corrected chi connectivity index (χ4v) is 1.84. The summed E-state index contributed by atoms with van der Waals surface area (Å²) in [6.45, 7) is 5.35. The fourth-order valence-electron chi connectivity index (χ4n) is 1.84. The lowest BCUT2D eigenvalue weighted by atomic mass is 9.89. The number of halogens is 1. The van der Waals surface area contributed by atoms with Crippen molar-refractivity contribution in [2.24, 2.45) is 5.92 Å². The first-order chi connectivity index (χ1) is 8.25. The number of alkyl halides is 1. The van der Waals surface area contributed by atoms with Crippen LogP contribution in [0.3, 0.4) is 0 Å². The Kier molecular flexibility index (Phi) is 4.46. The molecule has 3 nitrogen and oxygen atoms in total. The number of rotatable bonds is 5. The Morgan fingerprint density at radius 3 is 2.22 bits per heavy atom. The Balaban J connectivity index is 2.93. The molecule has 0 aliphatic carbocycles. The Bertz CT molecular complexity index is 410. The molecule has 0 aromatic heterocycles. The standard InChI is InChI=1S/C14H19FO3/c1-9(2)8-10-4-6-11(7-5-10)14(3,18)12(15)13(16)17/h4-7,9,12,18H,8H2,1-3H3,(H,16,17). The van der Waals surface area contributed by atoms with E-state index in [-0.39, 0.29) is 5.56 Å². The molecular weight excluding hydrogens is 235 g/mol. The summed E-state index contributed by atoms with van der Waals surface area (Å²) in [7, 11) is 0. The molecule has 100 valence electrons. The fraction of sp³-hybridized carbons (Fsp3) is 0.500. The lowest BCUT2D eigenvalue weighted by Crippen LogP contribution is -2.39. The van der Waals surface area contributed by atoms with Crippen molar-refractivity contribution in [2.45, 2.75) is 39.0 Å². The van der Waals surface area contributed by atoms with Gasteiger partial charge in [-0.1, -0.05) is 38.1 Å². The maximum absolute atomic E-state index is 13.5. The highest BCUT2D eigenvalue weighted by Gasteiger charge is 2.39. The van der Waals surface area contributed by atoms with Gasteiger partial charge in [0.25, 0.3) is 0 Å². The third-order valence-electron chi connectivity index (χ3n) is 2.89. The zero-order valence-corrected chi connectivity index (χ0v) is 10.9. The maximum Gasteiger partial charge on any atom is 0.341 e. The van der Waals surface area contributed by atoms with Crippen LogP contribution in [-0.2, 0) is 16.8 Å². The highest BCUT2D eigenvalue weighted by molar-refractivity contribution is 5.74. The van der Waals surface area contributed by atoms with Gasteiger partial charge in [0, 0.05) is 0 Å². The van der Waals surface area contributed by atoms with Gasteiger partial charge in [0.15, 0.2) is 0 Å². The number of hydrogen-bond donors (Lipinski definition) is 2. The van der Waals surface area contributed by atoms with Crippen molar-refractivity contribution in [3.8, 4) is 0 Å². The molecule has 1 aromatic rings. The van der Waals surface area contributed by atoms with E-state index in [2.05, 4.69) is 13.8 Å². The minimum Gasteiger partial charge on any atom is -0.479 e. The van der Waals surface area contributed by atoms with E-state index in [9.17, 15) is 14.3 Å². The van der Waals surface area contributed by atoms with Crippen LogP contribution in [-0.4, -0.2) is 22.4 Å². The van der Waals surface area contributed by atoms with Crippen molar-refractivity contribution in [1.29, 1.82) is 0 Å². The van der Waals surface area contributed by atoms with Crippen LogP contribution >= 0.6 is 0 Å². The first-order valence-electron chi connectivity index (χ1n) is 5.93. The van der Waals surface area contributed by atoms with Crippen LogP contribution in [0.25, 0.3) is 0 Å². The van der Waals surface area contributed by atoms with Gasteiger partial charge in [0.05, 0.1) is 0 Å². The molecule has 2 N–H and O–H groups in total. The number of aliphatic carboxylic acids is 1. The number of aliphatic hydroxyl groups is 1. The number of benzene rings is 1. The average Bonchev–Trinajstić information content (AvgIpc) is 2.27. The van der Waals surface area contributed by atoms with Crippen molar-refractivity contribution in [2.75, 3.05) is 0 Å². The van der Waals surface area contributed by atoms with E-state index >= 15 is 0 Å². The van der Waals surface area contributed by atoms with Crippen molar-refractivity contribution >= 4 is 5.97 Å². The van der Waals surface area contributed by atoms with E-state index in [1.54, 1.807) is 24.3 Å². The van der Waals surface area contributed by atoms with Gasteiger partial charge in [-0.15, -0.1) is 0 Å². The summed E-state index contributed by atoms with van der Waals surface area (Å²) < 4.78 is 13.5. The predicted molar refractivity (Wildman–Crippen MR) is 67.1 cm³/mol. The van der Waals surface area contributed by atoms with Crippen LogP contribution in [0.15, 0.2) is 24.3 Å². The van der Waals surface area contributed by atoms with Gasteiger partial charge in [0.2, 0.25) is 6.17 Å². The summed E-state index contributed by atoms with van der Waals surface area (Å²) in [6.07, 6.45) is -1.45. The smallest absolute Gasteiger partial charge is 0.341 e. The molecule has 0 heterocycles. The molecule has 0 fully saturated rings. The second kappa shape index (κ2) is 5.48. The minimum absolute atomic E-state index is 0.268. The van der Waals surface area contributed by atoms with Gasteiger partial charge in [0.1, 0.15) is 5.60 Å². The summed E-state index contributed by atoms with van der Waals surface area (Å²) in [5.41, 5.74) is -0.664. The zero-order valence-electron chi connectivity index (χ0n) is 10.9. The minimum atomic E-state index is -2.34. The molecule has 1 aromatic carbocycles. The van der Waals surface area contributed by atoms with Crippen molar-refractivity contribution in [1.82, 2.24) is 0 Å². The second-order valence-corrected chi connectivity index (χ2v) is 5.14. The Morgan fingerprint density at radius 2 is 1.83 bits per heavy atom. The lowest BCUT2D eigenvalue weighted by molar-refractivity contribution is -0.153. The molecule has 0 spiro atoms. The lowest BCUT2D eigenvalue weighted by Gasteiger charge is -2.25. The molecule has 0 bridgehead atoms. The first-order valence-corrected chi connectivity index (χ1v) is 5.93. The zero-order chi connectivity index (χ0) is 13.9. The molecule has 2 unspecified atom stereocenters. The third-order valence-corrected chi connectivity index (χ3v) is 2.89. The number of carboxylic acid groups (broad SMARTS) is 1. The molecular formula is C14H19FO3. The maximum atomic E-state index is 13.5. The van der Waals surface area contributed by atoms with Gasteiger partial charge < -0.3 is 10.2 Å². The Morgan fingerprint density at radius 1 is 1.33 bits per heavy atom. The number of carboxylic acids is 1. The quantitative estimate of drug-likeness (QED) is 0.848. The van der Waals surface area contributed by atoms with E-state index in [4.69, 9.17) is 5.11 Å². The number of hydrogen-bond acceptors (Lipinski definition) is 2. The average molecular weight is 254 g/mol. The molecule has 0 aliphatic rings. The van der Waals surface area contributed by atoms with Gasteiger partial charge in [-0.2, -0.15) is 0 Å². The molecule has 0 aliphatic heterocycles. The molecule has 4 heteroatoms. The molecule has 0 amide bonds. The summed E-state index contributed by atoms with van der Waals surface area (Å²) in [6, 6.07) is 6.73. The third kappa shape index (κ3) is 3.29. The summed E-state index contributed by atoms with van der Waals surface area (Å²) >= 11 is 0. The number of carbonyl (C=O) groups is 1. The first kappa shape index (κ1) is 14.6. The van der Waals surface area contributed by atoms with Crippen LogP contribution in [0.5, 0.6) is 0 Å². The SMILES string of the molecule is CC(C)Cc1ccc(C(C)(O)C(F)C(=O)O)cc1. The van der Waals surface area contributed by atoms with E-state index in [0.717, 1.165) is 12.0 Å². The van der Waals surface area contributed by atoms with Gasteiger partial charge >= 0.3 is 5.97 Å². The molecule has 2 atom stereocenters. The van der Waals surface area contributed by atoms with Crippen molar-refractivity contribution in [3.63, 3.8) is 0 Å². The van der Waals surface area contributed by atoms with Crippen molar-refractivity contribution < 1.29 is 19.4 Å². The normalized spacial score (nSPS) is 16.3. The van der Waals surface area contributed by atoms with Gasteiger partial charge in [-0.25, -0.2) is 9.18 Å². The largest absolute Gasteiger partial charge is 0.479 e. The van der Waals surface area contributed by atoms with Crippen LogP contribution < -0.4 is 0 Å². The van der Waals surface area contributed by atoms with E-state index < -0.39 is 17.7 Å². The summed E-state index contributed by atoms with van der Waals surface area (Å²) in [4.78, 5) is 10.6. The second-order valence-electron chi connectivity index (χ2n) is 5.14. The summed E-state index contributed by atoms with van der Waals surface area (Å²) in [5, 5.41) is 18.6. The molecule has 0 radical (unpaired) electrons. The van der Waals surface area contributed by atoms with E-state index in [0.29, 0.717) is 5.92 Å². The molecule has 1 rings (SSSR count). The predicted octanol–water partition coefficient (Wildman–Crippen LogP) is 2.52. The van der Waals surface area contributed by atoms with Crippen LogP contribution in [0.2, 0.25) is 0 Å². The summed E-state index contributed by atoms with van der Waals surface area (Å²) in [5.74, 6) is -1.16. The van der Waals surface area contributed by atoms with Crippen LogP contribution in [0.1, 0.15) is 31.9 Å². The topological polar surface area (TPSA) is 57.5 Å². The van der Waals surface area contributed by atoms with Gasteiger partial charge in [-0.3, -0.25) is 0 Å². The molecule has 0 saturated heterocycles. The van der Waals surface area contributed by atoms with Crippen molar-refractivity contribution in [3.05, 3.63) is 35.4 Å². The van der Waals surface area contributed by atoms with E-state index in [1.165, 1.54) is 6.92 Å². The Hall–Kier alpha value is -1.42. The monoisotopic (exact) mass is 254 g/mol. The van der Waals surface area contributed by atoms with Crippen LogP contribution in [0.4, 0.5) is 4.39 Å². The van der Waals surface area contributed by atoms with Crippen LogP contribution in [0, 0.1) is 5.92 Å².